The summed E-state index contributed by atoms with van der Waals surface area (Å²) in [6.07, 6.45) is 0. The lowest BCUT2D eigenvalue weighted by Gasteiger charge is -2.19. The Labute approximate surface area is 107 Å². The van der Waals surface area contributed by atoms with E-state index in [1.807, 2.05) is 20.8 Å². The van der Waals surface area contributed by atoms with E-state index >= 15 is 0 Å². The van der Waals surface area contributed by atoms with Crippen molar-refractivity contribution in [1.82, 2.24) is 4.98 Å². The first-order valence-electron chi connectivity index (χ1n) is 5.79. The average Bonchev–Trinajstić information content (AvgIpc) is 2.27. The van der Waals surface area contributed by atoms with Crippen molar-refractivity contribution in [3.63, 3.8) is 0 Å². The van der Waals surface area contributed by atoms with Gasteiger partial charge in [0.1, 0.15) is 5.69 Å². The van der Waals surface area contributed by atoms with E-state index in [0.717, 1.165) is 0 Å². The Balaban J connectivity index is 2.31. The molecule has 0 aliphatic heterocycles. The van der Waals surface area contributed by atoms with Crippen molar-refractivity contribution in [2.24, 2.45) is 0 Å². The van der Waals surface area contributed by atoms with Crippen LogP contribution in [0.15, 0.2) is 18.2 Å². The minimum Gasteiger partial charge on any atom is -0.477 e. The summed E-state index contributed by atoms with van der Waals surface area (Å²) in [6.45, 7) is 7.17. The highest BCUT2D eigenvalue weighted by Gasteiger charge is 2.09. The van der Waals surface area contributed by atoms with Gasteiger partial charge >= 0.3 is 5.97 Å². The summed E-state index contributed by atoms with van der Waals surface area (Å²) in [6, 6.07) is 4.84. The van der Waals surface area contributed by atoms with E-state index in [9.17, 15) is 4.79 Å². The molecule has 0 aliphatic carbocycles. The number of rotatable bonds is 6. The molecule has 0 unspecified atom stereocenters. The third kappa shape index (κ3) is 5.75. The second-order valence-electron chi connectivity index (χ2n) is 4.83. The minimum atomic E-state index is -1.03. The molecule has 5 nitrogen and oxygen atoms in total. The molecule has 0 radical (unpaired) electrons. The first-order chi connectivity index (χ1) is 8.38. The maximum atomic E-state index is 10.7. The number of nitrogens with zero attached hydrogens (tertiary/aromatic N) is 1. The Morgan fingerprint density at radius 1 is 1.33 bits per heavy atom. The lowest BCUT2D eigenvalue weighted by molar-refractivity contribution is -0.0380. The molecule has 0 aliphatic rings. The lowest BCUT2D eigenvalue weighted by atomic mass is 10.2. The zero-order chi connectivity index (χ0) is 13.6. The Hall–Kier alpha value is -1.46. The first kappa shape index (κ1) is 14.6. The standard InChI is InChI=1S/C13H19NO4/c1-13(2,3)18-8-7-17-9-10-5-4-6-11(14-10)12(15)16/h4-6H,7-9H2,1-3H3,(H,15,16). The van der Waals surface area contributed by atoms with Gasteiger partial charge in [0, 0.05) is 0 Å². The number of aromatic carboxylic acids is 1. The van der Waals surface area contributed by atoms with Crippen LogP contribution in [0.4, 0.5) is 0 Å². The minimum absolute atomic E-state index is 0.0297. The van der Waals surface area contributed by atoms with Crippen molar-refractivity contribution >= 4 is 5.97 Å². The molecule has 18 heavy (non-hydrogen) atoms. The molecule has 0 bridgehead atoms. The molecule has 5 heteroatoms. The van der Waals surface area contributed by atoms with Gasteiger partial charge in [-0.3, -0.25) is 0 Å². The molecular formula is C13H19NO4. The number of pyridine rings is 1. The van der Waals surface area contributed by atoms with Crippen molar-refractivity contribution in [1.29, 1.82) is 0 Å². The maximum absolute atomic E-state index is 10.7. The predicted molar refractivity (Wildman–Crippen MR) is 66.6 cm³/mol. The first-order valence-corrected chi connectivity index (χ1v) is 5.79. The topological polar surface area (TPSA) is 68.7 Å². The lowest BCUT2D eigenvalue weighted by Crippen LogP contribution is -2.21. The Bertz CT molecular complexity index is 398. The molecule has 1 aromatic heterocycles. The number of carboxylic acid groups (broad SMARTS) is 1. The molecule has 0 amide bonds. The van der Waals surface area contributed by atoms with Crippen LogP contribution >= 0.6 is 0 Å². The van der Waals surface area contributed by atoms with E-state index in [2.05, 4.69) is 4.98 Å². The SMILES string of the molecule is CC(C)(C)OCCOCc1cccc(C(=O)O)n1. The smallest absolute Gasteiger partial charge is 0.354 e. The zero-order valence-corrected chi connectivity index (χ0v) is 11.0. The molecule has 1 heterocycles. The van der Waals surface area contributed by atoms with Crippen molar-refractivity contribution in [2.75, 3.05) is 13.2 Å². The van der Waals surface area contributed by atoms with E-state index in [1.165, 1.54) is 6.07 Å². The molecule has 1 aromatic rings. The van der Waals surface area contributed by atoms with Crippen LogP contribution in [0.1, 0.15) is 37.0 Å². The van der Waals surface area contributed by atoms with Gasteiger partial charge < -0.3 is 14.6 Å². The van der Waals surface area contributed by atoms with Crippen LogP contribution in [-0.2, 0) is 16.1 Å². The van der Waals surface area contributed by atoms with Gasteiger partial charge in [-0.25, -0.2) is 9.78 Å². The molecule has 0 aromatic carbocycles. The van der Waals surface area contributed by atoms with Gasteiger partial charge in [0.25, 0.3) is 0 Å². The molecule has 0 saturated heterocycles. The third-order valence-corrected chi connectivity index (χ3v) is 2.04. The number of ether oxygens (including phenoxy) is 2. The van der Waals surface area contributed by atoms with Gasteiger partial charge in [0.15, 0.2) is 0 Å². The van der Waals surface area contributed by atoms with Gasteiger partial charge in [-0.05, 0) is 32.9 Å². The monoisotopic (exact) mass is 253 g/mol. The number of carboxylic acids is 1. The number of hydrogen-bond acceptors (Lipinski definition) is 4. The second-order valence-corrected chi connectivity index (χ2v) is 4.83. The molecule has 1 rings (SSSR count). The fourth-order valence-electron chi connectivity index (χ4n) is 1.26. The quantitative estimate of drug-likeness (QED) is 0.786. The van der Waals surface area contributed by atoms with Crippen molar-refractivity contribution < 1.29 is 19.4 Å². The summed E-state index contributed by atoms with van der Waals surface area (Å²) in [5.41, 5.74) is 0.456. The van der Waals surface area contributed by atoms with Crippen LogP contribution in [0, 0.1) is 0 Å². The second kappa shape index (κ2) is 6.47. The highest BCUT2D eigenvalue weighted by atomic mass is 16.5. The number of hydrogen-bond donors (Lipinski definition) is 1. The van der Waals surface area contributed by atoms with Gasteiger partial charge in [0.05, 0.1) is 31.1 Å². The van der Waals surface area contributed by atoms with E-state index in [4.69, 9.17) is 14.6 Å². The highest BCUT2D eigenvalue weighted by molar-refractivity contribution is 5.85. The van der Waals surface area contributed by atoms with Crippen molar-refractivity contribution in [3.05, 3.63) is 29.6 Å². The summed E-state index contributed by atoms with van der Waals surface area (Å²) in [7, 11) is 0. The number of carbonyl (C=O) groups is 1. The number of aromatic nitrogens is 1. The van der Waals surface area contributed by atoms with E-state index in [1.54, 1.807) is 12.1 Å². The molecule has 0 atom stereocenters. The van der Waals surface area contributed by atoms with Crippen LogP contribution in [0.2, 0.25) is 0 Å². The molecule has 1 N–H and O–H groups in total. The Morgan fingerprint density at radius 3 is 2.67 bits per heavy atom. The Kier molecular flexibility index (Phi) is 5.25. The summed E-state index contributed by atoms with van der Waals surface area (Å²) < 4.78 is 10.9. The molecule has 0 fully saturated rings. The normalized spacial score (nSPS) is 11.5. The summed E-state index contributed by atoms with van der Waals surface area (Å²) in [4.78, 5) is 14.7. The van der Waals surface area contributed by atoms with Crippen LogP contribution < -0.4 is 0 Å². The molecule has 0 spiro atoms. The van der Waals surface area contributed by atoms with E-state index in [0.29, 0.717) is 18.9 Å². The van der Waals surface area contributed by atoms with Crippen LogP contribution in [0.25, 0.3) is 0 Å². The molecule has 100 valence electrons. The van der Waals surface area contributed by atoms with Crippen molar-refractivity contribution in [2.45, 2.75) is 33.0 Å². The van der Waals surface area contributed by atoms with Crippen LogP contribution in [0.3, 0.4) is 0 Å². The molecular weight excluding hydrogens is 234 g/mol. The fraction of sp³-hybridized carbons (Fsp3) is 0.538. The van der Waals surface area contributed by atoms with Gasteiger partial charge in [-0.1, -0.05) is 6.07 Å². The zero-order valence-electron chi connectivity index (χ0n) is 11.0. The molecule has 0 saturated carbocycles. The van der Waals surface area contributed by atoms with E-state index in [-0.39, 0.29) is 17.9 Å². The van der Waals surface area contributed by atoms with Crippen LogP contribution in [-0.4, -0.2) is 34.9 Å². The third-order valence-electron chi connectivity index (χ3n) is 2.04. The average molecular weight is 253 g/mol. The summed E-state index contributed by atoms with van der Waals surface area (Å²) in [5, 5.41) is 8.79. The van der Waals surface area contributed by atoms with Gasteiger partial charge in [-0.2, -0.15) is 0 Å². The fourth-order valence-corrected chi connectivity index (χ4v) is 1.26. The Morgan fingerprint density at radius 2 is 2.06 bits per heavy atom. The largest absolute Gasteiger partial charge is 0.477 e. The summed E-state index contributed by atoms with van der Waals surface area (Å²) in [5.74, 6) is -1.03. The predicted octanol–water partition coefficient (Wildman–Crippen LogP) is 2.11. The maximum Gasteiger partial charge on any atom is 0.354 e. The highest BCUT2D eigenvalue weighted by Crippen LogP contribution is 2.06. The van der Waals surface area contributed by atoms with Crippen LogP contribution in [0.5, 0.6) is 0 Å². The van der Waals surface area contributed by atoms with E-state index < -0.39 is 5.97 Å². The summed E-state index contributed by atoms with van der Waals surface area (Å²) >= 11 is 0. The van der Waals surface area contributed by atoms with Gasteiger partial charge in [-0.15, -0.1) is 0 Å². The van der Waals surface area contributed by atoms with Crippen molar-refractivity contribution in [3.8, 4) is 0 Å². The van der Waals surface area contributed by atoms with Gasteiger partial charge in [0.2, 0.25) is 0 Å².